The van der Waals surface area contributed by atoms with Crippen molar-refractivity contribution in [1.29, 1.82) is 0 Å². The van der Waals surface area contributed by atoms with Gasteiger partial charge in [-0.3, -0.25) is 4.68 Å². The van der Waals surface area contributed by atoms with Crippen molar-refractivity contribution in [3.63, 3.8) is 0 Å². The molecule has 3 heteroatoms. The van der Waals surface area contributed by atoms with Gasteiger partial charge >= 0.3 is 0 Å². The Morgan fingerprint density at radius 1 is 1.28 bits per heavy atom. The first-order valence-corrected chi connectivity index (χ1v) is 6.45. The topological polar surface area (TPSA) is 38.1 Å². The first kappa shape index (κ1) is 12.8. The van der Waals surface area contributed by atoms with Crippen molar-refractivity contribution >= 4 is 0 Å². The summed E-state index contributed by atoms with van der Waals surface area (Å²) in [5.41, 5.74) is 3.44. The van der Waals surface area contributed by atoms with Crippen molar-refractivity contribution in [3.05, 3.63) is 53.3 Å². The van der Waals surface area contributed by atoms with Gasteiger partial charge in [-0.1, -0.05) is 31.2 Å². The van der Waals surface area contributed by atoms with Crippen molar-refractivity contribution in [2.45, 2.75) is 32.3 Å². The van der Waals surface area contributed by atoms with Gasteiger partial charge in [0.1, 0.15) is 0 Å². The molecule has 0 spiro atoms. The van der Waals surface area contributed by atoms with Gasteiger partial charge in [0, 0.05) is 18.9 Å². The summed E-state index contributed by atoms with van der Waals surface area (Å²) in [5.74, 6) is 0. The highest BCUT2D eigenvalue weighted by Crippen LogP contribution is 2.22. The zero-order valence-corrected chi connectivity index (χ0v) is 11.0. The number of aliphatic hydroxyl groups excluding tert-OH is 1. The molecule has 18 heavy (non-hydrogen) atoms. The molecule has 3 nitrogen and oxygen atoms in total. The molecular weight excluding hydrogens is 224 g/mol. The van der Waals surface area contributed by atoms with Crippen LogP contribution in [0.3, 0.4) is 0 Å². The summed E-state index contributed by atoms with van der Waals surface area (Å²) in [5, 5.41) is 14.4. The van der Waals surface area contributed by atoms with Crippen molar-refractivity contribution in [2.75, 3.05) is 0 Å². The van der Waals surface area contributed by atoms with Crippen LogP contribution in [0, 0.1) is 0 Å². The van der Waals surface area contributed by atoms with Crippen LogP contribution in [-0.4, -0.2) is 14.9 Å². The van der Waals surface area contributed by atoms with E-state index < -0.39 is 6.10 Å². The van der Waals surface area contributed by atoms with Crippen LogP contribution in [0.5, 0.6) is 0 Å². The predicted octanol–water partition coefficient (Wildman–Crippen LogP) is 2.65. The smallest absolute Gasteiger partial charge is 0.0796 e. The Hall–Kier alpha value is -1.61. The van der Waals surface area contributed by atoms with Gasteiger partial charge in [0.25, 0.3) is 0 Å². The molecule has 0 bridgehead atoms. The summed E-state index contributed by atoms with van der Waals surface area (Å²) in [6.07, 6.45) is 3.93. The molecule has 96 valence electrons. The van der Waals surface area contributed by atoms with E-state index in [4.69, 9.17) is 0 Å². The third-order valence-corrected chi connectivity index (χ3v) is 3.39. The summed E-state index contributed by atoms with van der Waals surface area (Å²) in [6, 6.07) is 10.1. The number of rotatable bonds is 5. The predicted molar refractivity (Wildman–Crippen MR) is 72.3 cm³/mol. The molecule has 1 N–H and O–H groups in total. The molecule has 0 saturated carbocycles. The molecule has 0 saturated heterocycles. The van der Waals surface area contributed by atoms with Crippen LogP contribution in [0.1, 0.15) is 36.3 Å². The molecule has 2 rings (SSSR count). The van der Waals surface area contributed by atoms with E-state index >= 15 is 0 Å². The Balaban J connectivity index is 2.03. The normalized spacial score (nSPS) is 12.6. The summed E-state index contributed by atoms with van der Waals surface area (Å²) in [7, 11) is 1.93. The zero-order valence-electron chi connectivity index (χ0n) is 11.0. The third kappa shape index (κ3) is 2.79. The standard InChI is InChI=1S/C15H20N2O/c1-3-12-6-4-5-7-14(12)15(18)9-8-13-10-11-16-17(13)2/h4-7,10-11,15,18H,3,8-9H2,1-2H3. The second-order valence-corrected chi connectivity index (χ2v) is 4.55. The van der Waals surface area contributed by atoms with E-state index in [0.717, 1.165) is 30.5 Å². The lowest BCUT2D eigenvalue weighted by Gasteiger charge is -2.14. The number of aromatic nitrogens is 2. The quantitative estimate of drug-likeness (QED) is 0.878. The molecule has 1 aromatic heterocycles. The first-order valence-electron chi connectivity index (χ1n) is 6.45. The van der Waals surface area contributed by atoms with E-state index in [2.05, 4.69) is 18.1 Å². The van der Waals surface area contributed by atoms with Gasteiger partial charge in [-0.05, 0) is 36.5 Å². The fourth-order valence-corrected chi connectivity index (χ4v) is 2.27. The Morgan fingerprint density at radius 3 is 2.72 bits per heavy atom. The van der Waals surface area contributed by atoms with Crippen LogP contribution in [0.15, 0.2) is 36.5 Å². The van der Waals surface area contributed by atoms with Crippen molar-refractivity contribution in [2.24, 2.45) is 7.05 Å². The molecule has 0 aliphatic heterocycles. The molecule has 1 unspecified atom stereocenters. The van der Waals surface area contributed by atoms with Gasteiger partial charge in [-0.15, -0.1) is 0 Å². The number of nitrogens with zero attached hydrogens (tertiary/aromatic N) is 2. The number of hydrogen-bond acceptors (Lipinski definition) is 2. The van der Waals surface area contributed by atoms with Gasteiger partial charge in [0.2, 0.25) is 0 Å². The third-order valence-electron chi connectivity index (χ3n) is 3.39. The fraction of sp³-hybridized carbons (Fsp3) is 0.400. The number of benzene rings is 1. The van der Waals surface area contributed by atoms with E-state index in [1.54, 1.807) is 6.20 Å². The highest BCUT2D eigenvalue weighted by Gasteiger charge is 2.11. The molecular formula is C15H20N2O. The molecule has 1 heterocycles. The minimum atomic E-state index is -0.393. The Morgan fingerprint density at radius 2 is 2.06 bits per heavy atom. The number of aryl methyl sites for hydroxylation is 3. The van der Waals surface area contributed by atoms with Crippen molar-refractivity contribution < 1.29 is 5.11 Å². The van der Waals surface area contributed by atoms with Crippen LogP contribution < -0.4 is 0 Å². The molecule has 2 aromatic rings. The maximum atomic E-state index is 10.3. The summed E-state index contributed by atoms with van der Waals surface area (Å²) >= 11 is 0. The van der Waals surface area contributed by atoms with Crippen molar-refractivity contribution in [1.82, 2.24) is 9.78 Å². The lowest BCUT2D eigenvalue weighted by molar-refractivity contribution is 0.166. The maximum absolute atomic E-state index is 10.3. The van der Waals surface area contributed by atoms with Crippen LogP contribution in [0.4, 0.5) is 0 Å². The van der Waals surface area contributed by atoms with Gasteiger partial charge in [0.05, 0.1) is 6.10 Å². The molecule has 1 aromatic carbocycles. The molecule has 1 atom stereocenters. The maximum Gasteiger partial charge on any atom is 0.0796 e. The lowest BCUT2D eigenvalue weighted by Crippen LogP contribution is -2.05. The van der Waals surface area contributed by atoms with Gasteiger partial charge in [-0.25, -0.2) is 0 Å². The second kappa shape index (κ2) is 5.83. The highest BCUT2D eigenvalue weighted by molar-refractivity contribution is 5.29. The average molecular weight is 244 g/mol. The van der Waals surface area contributed by atoms with E-state index in [0.29, 0.717) is 0 Å². The lowest BCUT2D eigenvalue weighted by atomic mass is 9.97. The van der Waals surface area contributed by atoms with Gasteiger partial charge in [0.15, 0.2) is 0 Å². The summed E-state index contributed by atoms with van der Waals surface area (Å²) < 4.78 is 1.86. The average Bonchev–Trinajstić information content (AvgIpc) is 2.81. The molecule has 0 amide bonds. The summed E-state index contributed by atoms with van der Waals surface area (Å²) in [4.78, 5) is 0. The first-order chi connectivity index (χ1) is 8.72. The molecule has 0 radical (unpaired) electrons. The SMILES string of the molecule is CCc1ccccc1C(O)CCc1ccnn1C. The van der Waals surface area contributed by atoms with Crippen LogP contribution >= 0.6 is 0 Å². The zero-order chi connectivity index (χ0) is 13.0. The fourth-order valence-electron chi connectivity index (χ4n) is 2.27. The second-order valence-electron chi connectivity index (χ2n) is 4.55. The molecule has 0 fully saturated rings. The van der Waals surface area contributed by atoms with Crippen LogP contribution in [0.25, 0.3) is 0 Å². The Labute approximate surface area is 108 Å². The number of hydrogen-bond donors (Lipinski definition) is 1. The summed E-state index contributed by atoms with van der Waals surface area (Å²) in [6.45, 7) is 2.12. The van der Waals surface area contributed by atoms with E-state index in [-0.39, 0.29) is 0 Å². The van der Waals surface area contributed by atoms with Gasteiger partial charge in [-0.2, -0.15) is 5.10 Å². The Bertz CT molecular complexity index is 505. The van der Waals surface area contributed by atoms with E-state index in [1.165, 1.54) is 5.56 Å². The van der Waals surface area contributed by atoms with E-state index in [1.807, 2.05) is 36.0 Å². The monoisotopic (exact) mass is 244 g/mol. The van der Waals surface area contributed by atoms with Gasteiger partial charge < -0.3 is 5.11 Å². The van der Waals surface area contributed by atoms with Crippen molar-refractivity contribution in [3.8, 4) is 0 Å². The largest absolute Gasteiger partial charge is 0.388 e. The van der Waals surface area contributed by atoms with Crippen LogP contribution in [-0.2, 0) is 19.9 Å². The van der Waals surface area contributed by atoms with E-state index in [9.17, 15) is 5.11 Å². The number of aliphatic hydroxyl groups is 1. The molecule has 0 aliphatic carbocycles. The Kier molecular flexibility index (Phi) is 4.15. The van der Waals surface area contributed by atoms with Crippen LogP contribution in [0.2, 0.25) is 0 Å². The highest BCUT2D eigenvalue weighted by atomic mass is 16.3. The minimum absolute atomic E-state index is 0.393. The molecule has 0 aliphatic rings. The minimum Gasteiger partial charge on any atom is -0.388 e.